The van der Waals surface area contributed by atoms with Gasteiger partial charge in [0.25, 0.3) is 5.91 Å². The van der Waals surface area contributed by atoms with Gasteiger partial charge in [-0.25, -0.2) is 9.67 Å². The number of aromatic nitrogens is 4. The van der Waals surface area contributed by atoms with Crippen molar-refractivity contribution in [2.45, 2.75) is 20.8 Å². The first kappa shape index (κ1) is 19.9. The van der Waals surface area contributed by atoms with Crippen LogP contribution in [0.4, 0.5) is 0 Å². The van der Waals surface area contributed by atoms with Crippen LogP contribution in [0.2, 0.25) is 0 Å². The van der Waals surface area contributed by atoms with Crippen molar-refractivity contribution in [1.29, 1.82) is 0 Å². The van der Waals surface area contributed by atoms with E-state index in [9.17, 15) is 4.79 Å². The van der Waals surface area contributed by atoms with E-state index in [-0.39, 0.29) is 5.91 Å². The number of thiazole rings is 1. The minimum Gasteiger partial charge on any atom is -0.494 e. The van der Waals surface area contributed by atoms with Crippen LogP contribution in [-0.4, -0.2) is 62.0 Å². The molecule has 1 fully saturated rings. The molecular weight excluding hydrogens is 406 g/mol. The van der Waals surface area contributed by atoms with Gasteiger partial charge in [0, 0.05) is 24.6 Å². The minimum absolute atomic E-state index is 0.0723. The van der Waals surface area contributed by atoms with Crippen LogP contribution in [0.15, 0.2) is 24.3 Å². The zero-order valence-corrected chi connectivity index (χ0v) is 18.3. The average molecular weight is 430 g/mol. The highest BCUT2D eigenvalue weighted by Crippen LogP contribution is 2.31. The summed E-state index contributed by atoms with van der Waals surface area (Å²) < 4.78 is 7.28. The van der Waals surface area contributed by atoms with Crippen molar-refractivity contribution in [1.82, 2.24) is 24.9 Å². The molecule has 3 heterocycles. The van der Waals surface area contributed by atoms with E-state index >= 15 is 0 Å². The van der Waals surface area contributed by atoms with Gasteiger partial charge in [-0.05, 0) is 45.0 Å². The molecule has 1 aliphatic rings. The van der Waals surface area contributed by atoms with Crippen LogP contribution < -0.4 is 4.74 Å². The number of thioether (sulfide) groups is 1. The second-order valence-corrected chi connectivity index (χ2v) is 8.92. The molecular formula is C20H23N5O2S2. The molecule has 0 bridgehead atoms. The van der Waals surface area contributed by atoms with E-state index in [0.717, 1.165) is 52.4 Å². The fraction of sp³-hybridized carbons (Fsp3) is 0.400. The lowest BCUT2D eigenvalue weighted by molar-refractivity contribution is 0.0776. The van der Waals surface area contributed by atoms with Crippen molar-refractivity contribution in [3.63, 3.8) is 0 Å². The van der Waals surface area contributed by atoms with Gasteiger partial charge in [0.05, 0.1) is 23.7 Å². The monoisotopic (exact) mass is 429 g/mol. The number of hydrogen-bond donors (Lipinski definition) is 0. The summed E-state index contributed by atoms with van der Waals surface area (Å²) in [5, 5.41) is 9.38. The highest BCUT2D eigenvalue weighted by Gasteiger charge is 2.25. The van der Waals surface area contributed by atoms with Gasteiger partial charge in [-0.1, -0.05) is 5.21 Å². The van der Waals surface area contributed by atoms with Gasteiger partial charge in [0.1, 0.15) is 21.3 Å². The van der Waals surface area contributed by atoms with Crippen molar-refractivity contribution < 1.29 is 9.53 Å². The third-order valence-corrected chi connectivity index (χ3v) is 6.87. The van der Waals surface area contributed by atoms with E-state index in [1.165, 1.54) is 11.3 Å². The summed E-state index contributed by atoms with van der Waals surface area (Å²) >= 11 is 3.29. The maximum absolute atomic E-state index is 12.9. The number of benzene rings is 1. The lowest BCUT2D eigenvalue weighted by Gasteiger charge is -2.25. The topological polar surface area (TPSA) is 73.1 Å². The van der Waals surface area contributed by atoms with Crippen LogP contribution in [0, 0.1) is 13.8 Å². The highest BCUT2D eigenvalue weighted by molar-refractivity contribution is 7.99. The summed E-state index contributed by atoms with van der Waals surface area (Å²) in [6.45, 7) is 8.03. The smallest absolute Gasteiger partial charge is 0.265 e. The zero-order valence-electron chi connectivity index (χ0n) is 16.7. The third-order valence-electron chi connectivity index (χ3n) is 4.78. The molecule has 0 unspecified atom stereocenters. The summed E-state index contributed by atoms with van der Waals surface area (Å²) in [4.78, 5) is 20.1. The molecule has 2 aromatic heterocycles. The molecule has 0 atom stereocenters. The Balaban J connectivity index is 1.60. The number of hydrogen-bond acceptors (Lipinski definition) is 7. The number of nitrogens with zero attached hydrogens (tertiary/aromatic N) is 5. The number of amides is 1. The summed E-state index contributed by atoms with van der Waals surface area (Å²) in [5.74, 6) is 2.88. The van der Waals surface area contributed by atoms with E-state index in [0.29, 0.717) is 17.2 Å². The molecule has 4 rings (SSSR count). The highest BCUT2D eigenvalue weighted by atomic mass is 32.2. The predicted octanol–water partition coefficient (Wildman–Crippen LogP) is 3.60. The summed E-state index contributed by atoms with van der Waals surface area (Å²) in [5.41, 5.74) is 3.25. The normalized spacial score (nSPS) is 14.2. The van der Waals surface area contributed by atoms with Crippen molar-refractivity contribution in [3.05, 3.63) is 40.5 Å². The fourth-order valence-electron chi connectivity index (χ4n) is 3.23. The Morgan fingerprint density at radius 2 is 1.90 bits per heavy atom. The Kier molecular flexibility index (Phi) is 5.86. The van der Waals surface area contributed by atoms with Crippen LogP contribution in [0.1, 0.15) is 28.0 Å². The number of ether oxygens (including phenoxy) is 1. The maximum atomic E-state index is 12.9. The Labute approximate surface area is 178 Å². The van der Waals surface area contributed by atoms with E-state index in [1.807, 2.05) is 61.7 Å². The maximum Gasteiger partial charge on any atom is 0.265 e. The molecule has 1 aliphatic heterocycles. The molecule has 1 amide bonds. The average Bonchev–Trinajstić information content (AvgIpc) is 3.31. The molecule has 0 N–H and O–H groups in total. The Morgan fingerprint density at radius 1 is 1.17 bits per heavy atom. The molecule has 3 aromatic rings. The van der Waals surface area contributed by atoms with Gasteiger partial charge in [0.2, 0.25) is 0 Å². The van der Waals surface area contributed by atoms with Crippen molar-refractivity contribution in [3.8, 4) is 22.1 Å². The zero-order chi connectivity index (χ0) is 20.4. The number of aryl methyl sites for hydroxylation is 1. The van der Waals surface area contributed by atoms with Crippen molar-refractivity contribution in [2.75, 3.05) is 31.2 Å². The van der Waals surface area contributed by atoms with Gasteiger partial charge in [-0.15, -0.1) is 16.4 Å². The molecule has 7 nitrogen and oxygen atoms in total. The number of rotatable bonds is 5. The van der Waals surface area contributed by atoms with Crippen LogP contribution in [-0.2, 0) is 0 Å². The molecule has 29 heavy (non-hydrogen) atoms. The first-order valence-electron chi connectivity index (χ1n) is 9.59. The third kappa shape index (κ3) is 4.02. The molecule has 1 saturated heterocycles. The van der Waals surface area contributed by atoms with Gasteiger partial charge in [-0.2, -0.15) is 11.8 Å². The number of carbonyl (C=O) groups excluding carboxylic acids is 1. The van der Waals surface area contributed by atoms with Crippen LogP contribution in [0.5, 0.6) is 5.75 Å². The van der Waals surface area contributed by atoms with Crippen molar-refractivity contribution in [2.24, 2.45) is 0 Å². The van der Waals surface area contributed by atoms with Gasteiger partial charge in [0.15, 0.2) is 0 Å². The molecule has 9 heteroatoms. The number of carbonyl (C=O) groups is 1. The van der Waals surface area contributed by atoms with E-state index in [4.69, 9.17) is 4.74 Å². The minimum atomic E-state index is 0.0723. The van der Waals surface area contributed by atoms with Crippen LogP contribution in [0.25, 0.3) is 16.4 Å². The molecule has 0 saturated carbocycles. The molecule has 0 aliphatic carbocycles. The Morgan fingerprint density at radius 3 is 2.59 bits per heavy atom. The van der Waals surface area contributed by atoms with E-state index in [1.54, 1.807) is 4.68 Å². The van der Waals surface area contributed by atoms with Gasteiger partial charge < -0.3 is 9.64 Å². The second-order valence-electron chi connectivity index (χ2n) is 6.70. The van der Waals surface area contributed by atoms with Gasteiger partial charge in [-0.3, -0.25) is 4.79 Å². The fourth-order valence-corrected chi connectivity index (χ4v) is 5.20. The lowest BCUT2D eigenvalue weighted by atomic mass is 10.3. The predicted molar refractivity (Wildman–Crippen MR) is 116 cm³/mol. The largest absolute Gasteiger partial charge is 0.494 e. The standard InChI is InChI=1S/C20H23N5O2S2/c1-4-27-16-7-5-15(6-8-16)25-14(3)17(22-23-25)19-21-13(2)18(29-19)20(26)24-9-11-28-12-10-24/h5-8H,4,9-12H2,1-3H3. The quantitative estimate of drug-likeness (QED) is 0.617. The molecule has 0 radical (unpaired) electrons. The van der Waals surface area contributed by atoms with Crippen molar-refractivity contribution >= 4 is 29.0 Å². The first-order chi connectivity index (χ1) is 14.1. The molecule has 1 aromatic carbocycles. The first-order valence-corrected chi connectivity index (χ1v) is 11.6. The van der Waals surface area contributed by atoms with Crippen LogP contribution in [0.3, 0.4) is 0 Å². The Bertz CT molecular complexity index is 1010. The second kappa shape index (κ2) is 8.54. The van der Waals surface area contributed by atoms with Crippen LogP contribution >= 0.6 is 23.1 Å². The summed E-state index contributed by atoms with van der Waals surface area (Å²) in [6, 6.07) is 7.74. The van der Waals surface area contributed by atoms with E-state index in [2.05, 4.69) is 15.3 Å². The Hall–Kier alpha value is -2.39. The molecule has 152 valence electrons. The summed E-state index contributed by atoms with van der Waals surface area (Å²) in [6.07, 6.45) is 0. The molecule has 0 spiro atoms. The van der Waals surface area contributed by atoms with E-state index < -0.39 is 0 Å². The van der Waals surface area contributed by atoms with Gasteiger partial charge >= 0.3 is 0 Å². The summed E-state index contributed by atoms with van der Waals surface area (Å²) in [7, 11) is 0. The lowest BCUT2D eigenvalue weighted by Crippen LogP contribution is -2.37. The SMILES string of the molecule is CCOc1ccc(-n2nnc(-c3nc(C)c(C(=O)N4CCSCC4)s3)c2C)cc1.